The molecule has 1 saturated carbocycles. The molecule has 3 rings (SSSR count). The standard InChI is InChI=1S/C13H15BrN4O2S/c14-11-3-1-2-4-12(11)18-21(19,20)13-9(8-16-17-13)7-15-10-5-6-10/h1-4,8,10,15,18H,5-7H2,(H,16,17). The summed E-state index contributed by atoms with van der Waals surface area (Å²) in [6.07, 6.45) is 3.84. The Morgan fingerprint density at radius 2 is 2.10 bits per heavy atom. The van der Waals surface area contributed by atoms with Crippen LogP contribution in [0.2, 0.25) is 0 Å². The number of nitrogens with zero attached hydrogens (tertiary/aromatic N) is 1. The average Bonchev–Trinajstić information content (AvgIpc) is 3.15. The summed E-state index contributed by atoms with van der Waals surface area (Å²) in [6, 6.07) is 7.57. The zero-order valence-electron chi connectivity index (χ0n) is 11.1. The largest absolute Gasteiger partial charge is 0.310 e. The van der Waals surface area contributed by atoms with E-state index in [1.54, 1.807) is 24.4 Å². The molecule has 1 aliphatic rings. The van der Waals surface area contributed by atoms with E-state index in [0.717, 1.165) is 12.8 Å². The van der Waals surface area contributed by atoms with E-state index in [-0.39, 0.29) is 5.03 Å². The van der Waals surface area contributed by atoms with E-state index < -0.39 is 10.0 Å². The Labute approximate surface area is 131 Å². The zero-order valence-corrected chi connectivity index (χ0v) is 13.5. The Morgan fingerprint density at radius 3 is 2.81 bits per heavy atom. The second-order valence-electron chi connectivity index (χ2n) is 4.96. The van der Waals surface area contributed by atoms with Crippen molar-refractivity contribution in [2.45, 2.75) is 30.5 Å². The van der Waals surface area contributed by atoms with Crippen LogP contribution in [0.4, 0.5) is 5.69 Å². The highest BCUT2D eigenvalue weighted by atomic mass is 79.9. The lowest BCUT2D eigenvalue weighted by atomic mass is 10.3. The number of aromatic amines is 1. The Morgan fingerprint density at radius 1 is 1.33 bits per heavy atom. The Bertz CT molecular complexity index is 740. The van der Waals surface area contributed by atoms with Crippen LogP contribution in [-0.2, 0) is 16.6 Å². The number of benzene rings is 1. The lowest BCUT2D eigenvalue weighted by Gasteiger charge is -2.10. The maximum Gasteiger partial charge on any atom is 0.279 e. The lowest BCUT2D eigenvalue weighted by Crippen LogP contribution is -2.20. The molecule has 0 atom stereocenters. The minimum Gasteiger partial charge on any atom is -0.310 e. The van der Waals surface area contributed by atoms with Crippen molar-refractivity contribution in [1.29, 1.82) is 0 Å². The summed E-state index contributed by atoms with van der Waals surface area (Å²) in [5.74, 6) is 0. The first-order valence-corrected chi connectivity index (χ1v) is 8.87. The highest BCUT2D eigenvalue weighted by molar-refractivity contribution is 9.10. The second-order valence-corrected chi connectivity index (χ2v) is 7.44. The molecule has 0 unspecified atom stereocenters. The summed E-state index contributed by atoms with van der Waals surface area (Å²) in [5.41, 5.74) is 1.13. The van der Waals surface area contributed by atoms with Crippen LogP contribution in [0, 0.1) is 0 Å². The van der Waals surface area contributed by atoms with Gasteiger partial charge in [0, 0.05) is 22.6 Å². The highest BCUT2D eigenvalue weighted by Gasteiger charge is 2.24. The number of nitrogens with one attached hydrogen (secondary N) is 3. The van der Waals surface area contributed by atoms with Crippen molar-refractivity contribution in [3.8, 4) is 0 Å². The van der Waals surface area contributed by atoms with E-state index in [4.69, 9.17) is 0 Å². The molecule has 21 heavy (non-hydrogen) atoms. The molecule has 1 aromatic carbocycles. The maximum absolute atomic E-state index is 12.5. The number of halogens is 1. The fourth-order valence-electron chi connectivity index (χ4n) is 1.94. The van der Waals surface area contributed by atoms with Crippen molar-refractivity contribution < 1.29 is 8.42 Å². The molecule has 0 bridgehead atoms. The molecule has 1 aliphatic carbocycles. The van der Waals surface area contributed by atoms with Gasteiger partial charge >= 0.3 is 0 Å². The second kappa shape index (κ2) is 5.78. The molecule has 0 amide bonds. The van der Waals surface area contributed by atoms with Crippen LogP contribution in [0.15, 0.2) is 40.0 Å². The first kappa shape index (κ1) is 14.6. The molecule has 1 fully saturated rings. The molecule has 1 aromatic heterocycles. The molecule has 6 nitrogen and oxygen atoms in total. The number of H-pyrrole nitrogens is 1. The van der Waals surface area contributed by atoms with Gasteiger partial charge in [0.2, 0.25) is 0 Å². The van der Waals surface area contributed by atoms with Crippen LogP contribution in [-0.4, -0.2) is 24.7 Å². The van der Waals surface area contributed by atoms with Crippen LogP contribution in [0.25, 0.3) is 0 Å². The van der Waals surface area contributed by atoms with E-state index in [9.17, 15) is 8.42 Å². The van der Waals surface area contributed by atoms with Crippen molar-refractivity contribution in [1.82, 2.24) is 15.5 Å². The SMILES string of the molecule is O=S(=O)(Nc1ccccc1Br)c1[nH]ncc1CNC1CC1. The lowest BCUT2D eigenvalue weighted by molar-refractivity contribution is 0.593. The highest BCUT2D eigenvalue weighted by Crippen LogP contribution is 2.25. The summed E-state index contributed by atoms with van der Waals surface area (Å²) in [7, 11) is -3.69. The molecular weight excluding hydrogens is 356 g/mol. The van der Waals surface area contributed by atoms with Crippen LogP contribution >= 0.6 is 15.9 Å². The zero-order chi connectivity index (χ0) is 14.9. The number of aromatic nitrogens is 2. The quantitative estimate of drug-likeness (QED) is 0.727. The van der Waals surface area contributed by atoms with Crippen molar-refractivity contribution in [2.75, 3.05) is 4.72 Å². The van der Waals surface area contributed by atoms with Gasteiger partial charge in [-0.15, -0.1) is 0 Å². The number of anilines is 1. The minimum atomic E-state index is -3.69. The number of sulfonamides is 1. The molecule has 0 saturated heterocycles. The summed E-state index contributed by atoms with van der Waals surface area (Å²) in [4.78, 5) is 0. The van der Waals surface area contributed by atoms with Crippen molar-refractivity contribution >= 4 is 31.6 Å². The van der Waals surface area contributed by atoms with E-state index in [2.05, 4.69) is 36.2 Å². The van der Waals surface area contributed by atoms with Gasteiger partial charge in [0.25, 0.3) is 10.0 Å². The van der Waals surface area contributed by atoms with Gasteiger partial charge in [-0.25, -0.2) is 0 Å². The van der Waals surface area contributed by atoms with E-state index in [1.807, 2.05) is 6.07 Å². The number of para-hydroxylation sites is 1. The van der Waals surface area contributed by atoms with Gasteiger partial charge in [-0.05, 0) is 40.9 Å². The van der Waals surface area contributed by atoms with Gasteiger partial charge in [-0.1, -0.05) is 12.1 Å². The van der Waals surface area contributed by atoms with E-state index in [1.165, 1.54) is 0 Å². The van der Waals surface area contributed by atoms with Crippen molar-refractivity contribution in [3.05, 3.63) is 40.5 Å². The molecule has 3 N–H and O–H groups in total. The van der Waals surface area contributed by atoms with Gasteiger partial charge in [0.05, 0.1) is 11.9 Å². The van der Waals surface area contributed by atoms with E-state index in [0.29, 0.717) is 28.3 Å². The van der Waals surface area contributed by atoms with Gasteiger partial charge in [0.1, 0.15) is 0 Å². The normalized spacial score (nSPS) is 15.1. The predicted molar refractivity (Wildman–Crippen MR) is 83.4 cm³/mol. The third-order valence-corrected chi connectivity index (χ3v) is 5.29. The average molecular weight is 371 g/mol. The summed E-state index contributed by atoms with van der Waals surface area (Å²) >= 11 is 3.32. The van der Waals surface area contributed by atoms with Gasteiger partial charge in [-0.2, -0.15) is 13.5 Å². The Hall–Kier alpha value is -1.38. The van der Waals surface area contributed by atoms with Gasteiger partial charge < -0.3 is 5.32 Å². The predicted octanol–water partition coefficient (Wildman–Crippen LogP) is 2.22. The molecule has 8 heteroatoms. The fraction of sp³-hybridized carbons (Fsp3) is 0.308. The Balaban J connectivity index is 1.81. The van der Waals surface area contributed by atoms with Gasteiger partial charge in [-0.3, -0.25) is 9.82 Å². The molecular formula is C13H15BrN4O2S. The summed E-state index contributed by atoms with van der Waals surface area (Å²) in [5, 5.41) is 9.82. The van der Waals surface area contributed by atoms with Crippen LogP contribution in [0.3, 0.4) is 0 Å². The monoisotopic (exact) mass is 370 g/mol. The molecule has 0 radical (unpaired) electrons. The molecule has 2 aromatic rings. The van der Waals surface area contributed by atoms with Crippen LogP contribution in [0.1, 0.15) is 18.4 Å². The third kappa shape index (κ3) is 3.45. The Kier molecular flexibility index (Phi) is 4.01. The first-order chi connectivity index (χ1) is 10.1. The first-order valence-electron chi connectivity index (χ1n) is 6.59. The summed E-state index contributed by atoms with van der Waals surface area (Å²) in [6.45, 7) is 0.493. The maximum atomic E-state index is 12.5. The molecule has 1 heterocycles. The third-order valence-electron chi connectivity index (χ3n) is 3.22. The fourth-order valence-corrected chi connectivity index (χ4v) is 3.67. The summed E-state index contributed by atoms with van der Waals surface area (Å²) < 4.78 is 28.2. The van der Waals surface area contributed by atoms with Crippen LogP contribution in [0.5, 0.6) is 0 Å². The van der Waals surface area contributed by atoms with Crippen molar-refractivity contribution in [3.63, 3.8) is 0 Å². The number of hydrogen-bond acceptors (Lipinski definition) is 4. The number of hydrogen-bond donors (Lipinski definition) is 3. The smallest absolute Gasteiger partial charge is 0.279 e. The van der Waals surface area contributed by atoms with Crippen molar-refractivity contribution in [2.24, 2.45) is 0 Å². The van der Waals surface area contributed by atoms with E-state index >= 15 is 0 Å². The number of rotatable bonds is 6. The minimum absolute atomic E-state index is 0.103. The molecule has 112 valence electrons. The molecule has 0 aliphatic heterocycles. The van der Waals surface area contributed by atoms with Gasteiger partial charge in [0.15, 0.2) is 5.03 Å². The topological polar surface area (TPSA) is 86.9 Å². The van der Waals surface area contributed by atoms with Crippen LogP contribution < -0.4 is 10.0 Å². The molecule has 0 spiro atoms.